The summed E-state index contributed by atoms with van der Waals surface area (Å²) in [6, 6.07) is 16.0. The van der Waals surface area contributed by atoms with Crippen LogP contribution in [-0.2, 0) is 12.8 Å². The molecule has 1 amide bonds. The zero-order valence-electron chi connectivity index (χ0n) is 18.5. The van der Waals surface area contributed by atoms with Crippen LogP contribution in [0.4, 0.5) is 8.78 Å². The van der Waals surface area contributed by atoms with E-state index in [-0.39, 0.29) is 23.6 Å². The average molecular weight is 459 g/mol. The van der Waals surface area contributed by atoms with Gasteiger partial charge >= 0.3 is 0 Å². The predicted octanol–water partition coefficient (Wildman–Crippen LogP) is 5.51. The number of likely N-dealkylation sites (tertiary alicyclic amines) is 1. The summed E-state index contributed by atoms with van der Waals surface area (Å²) >= 11 is 0. The number of carbonyl (C=O) groups is 1. The Morgan fingerprint density at radius 3 is 2.56 bits per heavy atom. The van der Waals surface area contributed by atoms with Crippen LogP contribution in [0.15, 0.2) is 77.5 Å². The van der Waals surface area contributed by atoms with Crippen LogP contribution in [0.1, 0.15) is 57.7 Å². The fourth-order valence-electron chi connectivity index (χ4n) is 4.31. The molecule has 4 aromatic rings. The third-order valence-electron chi connectivity index (χ3n) is 6.01. The van der Waals surface area contributed by atoms with Gasteiger partial charge in [0.25, 0.3) is 5.91 Å². The number of amides is 1. The molecule has 2 aromatic carbocycles. The molecule has 5 nitrogen and oxygen atoms in total. The Balaban J connectivity index is 1.26. The molecule has 0 bridgehead atoms. The average Bonchev–Trinajstić information content (AvgIpc) is 3.50. The highest BCUT2D eigenvalue weighted by atomic mass is 19.1. The van der Waals surface area contributed by atoms with Crippen LogP contribution in [0.3, 0.4) is 0 Å². The minimum absolute atomic E-state index is 0.117. The standard InChI is InChI=1S/C27H23F2N3O2/c28-21-9-6-18(7-10-21)14-23-11-8-20(16-30-23)27(33)32-12-2-5-25(32)26-31-17-24(34-26)15-19-3-1-4-22(29)13-19/h1,3-4,6-11,13,16-17,25H,2,5,12,14-15H2. The molecule has 0 N–H and O–H groups in total. The Hall–Kier alpha value is -3.87. The summed E-state index contributed by atoms with van der Waals surface area (Å²) in [7, 11) is 0. The minimum atomic E-state index is -0.290. The fourth-order valence-corrected chi connectivity index (χ4v) is 4.31. The van der Waals surface area contributed by atoms with Gasteiger partial charge in [0.1, 0.15) is 23.4 Å². The van der Waals surface area contributed by atoms with Gasteiger partial charge in [0.2, 0.25) is 5.89 Å². The Labute approximate surface area is 196 Å². The Morgan fingerprint density at radius 1 is 0.941 bits per heavy atom. The monoisotopic (exact) mass is 459 g/mol. The highest BCUT2D eigenvalue weighted by Gasteiger charge is 2.34. The molecular formula is C27H23F2N3O2. The van der Waals surface area contributed by atoms with Gasteiger partial charge in [-0.3, -0.25) is 9.78 Å². The maximum absolute atomic E-state index is 13.5. The molecule has 1 aliphatic heterocycles. The fraction of sp³-hybridized carbons (Fsp3) is 0.222. The summed E-state index contributed by atoms with van der Waals surface area (Å²) in [5.41, 5.74) is 3.05. The summed E-state index contributed by atoms with van der Waals surface area (Å²) in [6.07, 6.45) is 5.85. The zero-order chi connectivity index (χ0) is 23.5. The van der Waals surface area contributed by atoms with E-state index < -0.39 is 0 Å². The van der Waals surface area contributed by atoms with Crippen molar-refractivity contribution < 1.29 is 18.0 Å². The molecule has 34 heavy (non-hydrogen) atoms. The normalized spacial score (nSPS) is 15.6. The number of benzene rings is 2. The van der Waals surface area contributed by atoms with E-state index in [1.807, 2.05) is 12.1 Å². The quantitative estimate of drug-likeness (QED) is 0.382. The van der Waals surface area contributed by atoms with Gasteiger partial charge in [0.15, 0.2) is 0 Å². The van der Waals surface area contributed by atoms with Crippen molar-refractivity contribution in [2.24, 2.45) is 0 Å². The molecule has 1 aliphatic rings. The van der Waals surface area contributed by atoms with E-state index in [9.17, 15) is 13.6 Å². The van der Waals surface area contributed by atoms with Gasteiger partial charge in [-0.2, -0.15) is 0 Å². The van der Waals surface area contributed by atoms with Gasteiger partial charge in [-0.15, -0.1) is 0 Å². The molecule has 5 rings (SSSR count). The minimum Gasteiger partial charge on any atom is -0.443 e. The van der Waals surface area contributed by atoms with E-state index in [0.717, 1.165) is 29.7 Å². The summed E-state index contributed by atoms with van der Waals surface area (Å²) in [4.78, 5) is 23.8. The summed E-state index contributed by atoms with van der Waals surface area (Å²) in [5, 5.41) is 0. The van der Waals surface area contributed by atoms with E-state index >= 15 is 0 Å². The number of aromatic nitrogens is 2. The lowest BCUT2D eigenvalue weighted by molar-refractivity contribution is 0.0714. The van der Waals surface area contributed by atoms with Crippen LogP contribution in [-0.4, -0.2) is 27.3 Å². The van der Waals surface area contributed by atoms with Crippen LogP contribution in [0.2, 0.25) is 0 Å². The van der Waals surface area contributed by atoms with Crippen LogP contribution < -0.4 is 0 Å². The first-order valence-corrected chi connectivity index (χ1v) is 11.2. The van der Waals surface area contributed by atoms with Crippen molar-refractivity contribution in [3.63, 3.8) is 0 Å². The smallest absolute Gasteiger partial charge is 0.256 e. The van der Waals surface area contributed by atoms with Gasteiger partial charge in [0, 0.05) is 31.3 Å². The van der Waals surface area contributed by atoms with E-state index in [0.29, 0.717) is 36.6 Å². The lowest BCUT2D eigenvalue weighted by Crippen LogP contribution is -2.30. The van der Waals surface area contributed by atoms with Crippen molar-refractivity contribution in [1.82, 2.24) is 14.9 Å². The molecule has 0 saturated carbocycles. The third-order valence-corrected chi connectivity index (χ3v) is 6.01. The summed E-state index contributed by atoms with van der Waals surface area (Å²) in [5.74, 6) is 0.449. The highest BCUT2D eigenvalue weighted by Crippen LogP contribution is 2.33. The summed E-state index contributed by atoms with van der Waals surface area (Å²) in [6.45, 7) is 0.614. The number of halogens is 2. The van der Waals surface area contributed by atoms with E-state index in [1.54, 1.807) is 41.6 Å². The molecule has 3 heterocycles. The number of carbonyl (C=O) groups excluding carboxylic acids is 1. The van der Waals surface area contributed by atoms with Gasteiger partial charge in [-0.25, -0.2) is 13.8 Å². The van der Waals surface area contributed by atoms with Gasteiger partial charge in [-0.1, -0.05) is 24.3 Å². The molecule has 0 spiro atoms. The number of pyridine rings is 1. The molecule has 172 valence electrons. The van der Waals surface area contributed by atoms with Crippen LogP contribution >= 0.6 is 0 Å². The second-order valence-electron chi connectivity index (χ2n) is 8.47. The van der Waals surface area contributed by atoms with Crippen molar-refractivity contribution >= 4 is 5.91 Å². The maximum Gasteiger partial charge on any atom is 0.256 e. The Morgan fingerprint density at radius 2 is 1.79 bits per heavy atom. The molecule has 2 aromatic heterocycles. The summed E-state index contributed by atoms with van der Waals surface area (Å²) < 4.78 is 32.5. The molecule has 1 unspecified atom stereocenters. The molecule has 0 radical (unpaired) electrons. The number of rotatable bonds is 6. The first-order valence-electron chi connectivity index (χ1n) is 11.2. The van der Waals surface area contributed by atoms with Crippen LogP contribution in [0.25, 0.3) is 0 Å². The van der Waals surface area contributed by atoms with Crippen molar-refractivity contribution in [3.8, 4) is 0 Å². The van der Waals surface area contributed by atoms with Crippen LogP contribution in [0.5, 0.6) is 0 Å². The number of hydrogen-bond acceptors (Lipinski definition) is 4. The first kappa shape index (κ1) is 21.9. The number of hydrogen-bond donors (Lipinski definition) is 0. The van der Waals surface area contributed by atoms with Gasteiger partial charge in [0.05, 0.1) is 11.8 Å². The van der Waals surface area contributed by atoms with E-state index in [2.05, 4.69) is 9.97 Å². The molecule has 1 atom stereocenters. The van der Waals surface area contributed by atoms with Crippen molar-refractivity contribution in [2.45, 2.75) is 31.7 Å². The number of oxazole rings is 1. The maximum atomic E-state index is 13.5. The first-order chi connectivity index (χ1) is 16.5. The molecule has 1 fully saturated rings. The molecular weight excluding hydrogens is 436 g/mol. The van der Waals surface area contributed by atoms with Crippen molar-refractivity contribution in [2.75, 3.05) is 6.54 Å². The SMILES string of the molecule is O=C(c1ccc(Cc2ccc(F)cc2)nc1)N1CCCC1c1ncc(Cc2cccc(F)c2)o1. The predicted molar refractivity (Wildman–Crippen MR) is 122 cm³/mol. The third kappa shape index (κ3) is 4.88. The Bertz CT molecular complexity index is 1290. The molecule has 1 saturated heterocycles. The number of nitrogens with zero attached hydrogens (tertiary/aromatic N) is 3. The van der Waals surface area contributed by atoms with E-state index in [1.165, 1.54) is 24.3 Å². The highest BCUT2D eigenvalue weighted by molar-refractivity contribution is 5.94. The van der Waals surface area contributed by atoms with Gasteiger partial charge < -0.3 is 9.32 Å². The lowest BCUT2D eigenvalue weighted by Gasteiger charge is -2.22. The molecule has 0 aliphatic carbocycles. The Kier molecular flexibility index (Phi) is 6.16. The second kappa shape index (κ2) is 9.55. The van der Waals surface area contributed by atoms with Crippen LogP contribution in [0, 0.1) is 11.6 Å². The van der Waals surface area contributed by atoms with Crippen molar-refractivity contribution in [1.29, 1.82) is 0 Å². The lowest BCUT2D eigenvalue weighted by atomic mass is 10.1. The van der Waals surface area contributed by atoms with Crippen molar-refractivity contribution in [3.05, 3.63) is 119 Å². The topological polar surface area (TPSA) is 59.2 Å². The second-order valence-corrected chi connectivity index (χ2v) is 8.47. The zero-order valence-corrected chi connectivity index (χ0v) is 18.5. The molecule has 7 heteroatoms. The largest absolute Gasteiger partial charge is 0.443 e. The van der Waals surface area contributed by atoms with Gasteiger partial charge in [-0.05, 0) is 60.4 Å². The van der Waals surface area contributed by atoms with E-state index in [4.69, 9.17) is 4.42 Å².